The van der Waals surface area contributed by atoms with Gasteiger partial charge in [-0.3, -0.25) is 0 Å². The Labute approximate surface area is 414 Å². The average Bonchev–Trinajstić information content (AvgIpc) is 3.91. The van der Waals surface area contributed by atoms with E-state index in [1.165, 1.54) is 109 Å². The molecular formula is C68H62S. The fraction of sp³-hybridized carbons (Fsp3) is 0.147. The molecule has 0 amide bonds. The van der Waals surface area contributed by atoms with Gasteiger partial charge in [0.25, 0.3) is 0 Å². The summed E-state index contributed by atoms with van der Waals surface area (Å²) in [7, 11) is 0. The SMILES string of the molecule is CCc1ccc2sc3ccccc3c2c1.Cc1ccc2c(c1)C(c1ccccc1)(c1ccccc1)c1cc(C)c3ccccc3c1-2.Cc1ccccc1.Cc1ccccc1-c1ccccc1C(C)C. The van der Waals surface area contributed by atoms with Crippen molar-refractivity contribution in [3.8, 4) is 22.3 Å². The molecule has 0 radical (unpaired) electrons. The second-order valence-corrected chi connectivity index (χ2v) is 19.8. The fourth-order valence-corrected chi connectivity index (χ4v) is 11.4. The average molecular weight is 911 g/mol. The van der Waals surface area contributed by atoms with Crippen molar-refractivity contribution < 1.29 is 0 Å². The molecule has 12 rings (SSSR count). The van der Waals surface area contributed by atoms with Crippen molar-refractivity contribution in [1.29, 1.82) is 0 Å². The molecule has 1 aliphatic carbocycles. The molecule has 0 bridgehead atoms. The molecule has 10 aromatic carbocycles. The third kappa shape index (κ3) is 9.45. The predicted octanol–water partition coefficient (Wildman–Crippen LogP) is 19.2. The van der Waals surface area contributed by atoms with Gasteiger partial charge in [0, 0.05) is 20.2 Å². The summed E-state index contributed by atoms with van der Waals surface area (Å²) < 4.78 is 2.79. The summed E-state index contributed by atoms with van der Waals surface area (Å²) in [6, 6.07) is 83.3. The second-order valence-electron chi connectivity index (χ2n) is 18.7. The van der Waals surface area contributed by atoms with Crippen LogP contribution in [0.4, 0.5) is 0 Å². The van der Waals surface area contributed by atoms with E-state index in [9.17, 15) is 0 Å². The van der Waals surface area contributed by atoms with Gasteiger partial charge in [-0.1, -0.05) is 244 Å². The molecule has 340 valence electrons. The van der Waals surface area contributed by atoms with Crippen molar-refractivity contribution in [2.24, 2.45) is 0 Å². The number of benzene rings is 10. The van der Waals surface area contributed by atoms with E-state index in [1.807, 2.05) is 29.5 Å². The first-order chi connectivity index (χ1) is 33.7. The summed E-state index contributed by atoms with van der Waals surface area (Å²) in [6.45, 7) is 15.4. The Morgan fingerprint density at radius 3 is 1.57 bits per heavy atom. The van der Waals surface area contributed by atoms with Crippen molar-refractivity contribution in [3.63, 3.8) is 0 Å². The van der Waals surface area contributed by atoms with Crippen molar-refractivity contribution in [2.45, 2.75) is 66.2 Å². The number of thiophene rings is 1. The second kappa shape index (κ2) is 20.9. The summed E-state index contributed by atoms with van der Waals surface area (Å²) in [5.41, 5.74) is 18.7. The monoisotopic (exact) mass is 910 g/mol. The Morgan fingerprint density at radius 1 is 0.391 bits per heavy atom. The Kier molecular flexibility index (Phi) is 14.2. The first kappa shape index (κ1) is 46.8. The predicted molar refractivity (Wildman–Crippen MR) is 301 cm³/mol. The molecule has 0 saturated carbocycles. The quantitative estimate of drug-likeness (QED) is 0.161. The number of aryl methyl sites for hydroxylation is 5. The first-order valence-electron chi connectivity index (χ1n) is 24.5. The maximum absolute atomic E-state index is 2.44. The lowest BCUT2D eigenvalue weighted by Gasteiger charge is -2.34. The third-order valence-electron chi connectivity index (χ3n) is 13.7. The van der Waals surface area contributed by atoms with Crippen LogP contribution in [0.15, 0.2) is 231 Å². The fourth-order valence-electron chi connectivity index (χ4n) is 10.3. The highest BCUT2D eigenvalue weighted by atomic mass is 32.1. The molecule has 0 fully saturated rings. The number of rotatable bonds is 5. The first-order valence-corrected chi connectivity index (χ1v) is 25.3. The normalized spacial score (nSPS) is 12.0. The maximum atomic E-state index is 2.44. The molecule has 1 aromatic heterocycles. The van der Waals surface area contributed by atoms with Gasteiger partial charge in [-0.15, -0.1) is 11.3 Å². The zero-order chi connectivity index (χ0) is 47.9. The van der Waals surface area contributed by atoms with Crippen LogP contribution >= 0.6 is 11.3 Å². The zero-order valence-corrected chi connectivity index (χ0v) is 41.9. The van der Waals surface area contributed by atoms with E-state index in [0.717, 1.165) is 6.42 Å². The highest BCUT2D eigenvalue weighted by Gasteiger charge is 2.46. The molecule has 0 saturated heterocycles. The summed E-state index contributed by atoms with van der Waals surface area (Å²) in [5, 5.41) is 5.49. The summed E-state index contributed by atoms with van der Waals surface area (Å²) in [4.78, 5) is 0. The molecule has 0 spiro atoms. The Hall–Kier alpha value is -7.32. The van der Waals surface area contributed by atoms with Gasteiger partial charge >= 0.3 is 0 Å². The lowest BCUT2D eigenvalue weighted by molar-refractivity contribution is 0.767. The van der Waals surface area contributed by atoms with Crippen LogP contribution in [0, 0.1) is 27.7 Å². The number of fused-ring (bicyclic) bond motifs is 8. The molecule has 1 heteroatoms. The standard InChI is InChI=1S/C31H24.C16H18.C14H12S.C7H8/c1-21-17-18-27-28(19-21)31(23-11-5-3-6-12-23,24-13-7-4-8-14-24)29-20-22(2)25-15-9-10-16-26(25)30(27)29;1-12(2)14-9-6-7-11-16(14)15-10-5-4-8-13(15)3;1-2-10-7-8-14-12(9-10)11-5-3-4-6-13(11)15-14;1-7-5-3-2-4-6-7/h3-20H,1-2H3;4-12H,1-3H3;3-9H,2H2,1H3;2-6H,1H3. The molecule has 1 aliphatic rings. The van der Waals surface area contributed by atoms with Crippen LogP contribution in [0.5, 0.6) is 0 Å². The molecule has 11 aromatic rings. The molecule has 69 heavy (non-hydrogen) atoms. The minimum absolute atomic E-state index is 0.325. The molecular weight excluding hydrogens is 849 g/mol. The van der Waals surface area contributed by atoms with Gasteiger partial charge in [0.2, 0.25) is 0 Å². The molecule has 0 nitrogen and oxygen atoms in total. The van der Waals surface area contributed by atoms with Gasteiger partial charge in [-0.25, -0.2) is 0 Å². The van der Waals surface area contributed by atoms with Crippen molar-refractivity contribution in [2.75, 3.05) is 0 Å². The highest BCUT2D eigenvalue weighted by Crippen LogP contribution is 2.58. The van der Waals surface area contributed by atoms with E-state index in [2.05, 4.69) is 261 Å². The van der Waals surface area contributed by atoms with Crippen LogP contribution < -0.4 is 0 Å². The lowest BCUT2D eigenvalue weighted by Crippen LogP contribution is -2.28. The van der Waals surface area contributed by atoms with Gasteiger partial charge in [0.1, 0.15) is 0 Å². The van der Waals surface area contributed by atoms with E-state index in [4.69, 9.17) is 0 Å². The van der Waals surface area contributed by atoms with Crippen LogP contribution in [0.3, 0.4) is 0 Å². The maximum Gasteiger partial charge on any atom is 0.0713 e. The topological polar surface area (TPSA) is 0 Å². The van der Waals surface area contributed by atoms with E-state index < -0.39 is 0 Å². The van der Waals surface area contributed by atoms with Gasteiger partial charge in [-0.2, -0.15) is 0 Å². The van der Waals surface area contributed by atoms with Crippen LogP contribution in [-0.2, 0) is 11.8 Å². The molecule has 0 unspecified atom stereocenters. The van der Waals surface area contributed by atoms with Crippen molar-refractivity contribution in [3.05, 3.63) is 286 Å². The van der Waals surface area contributed by atoms with Crippen molar-refractivity contribution in [1.82, 2.24) is 0 Å². The van der Waals surface area contributed by atoms with Crippen LogP contribution in [0.25, 0.3) is 53.2 Å². The molecule has 0 atom stereocenters. The lowest BCUT2D eigenvalue weighted by atomic mass is 9.67. The minimum atomic E-state index is -0.325. The van der Waals surface area contributed by atoms with E-state index >= 15 is 0 Å². The summed E-state index contributed by atoms with van der Waals surface area (Å²) >= 11 is 1.88. The molecule has 0 N–H and O–H groups in total. The van der Waals surface area contributed by atoms with E-state index in [-0.39, 0.29) is 5.41 Å². The van der Waals surface area contributed by atoms with E-state index in [1.54, 1.807) is 0 Å². The summed E-state index contributed by atoms with van der Waals surface area (Å²) in [5.74, 6) is 0.566. The largest absolute Gasteiger partial charge is 0.135 e. The third-order valence-corrected chi connectivity index (χ3v) is 14.9. The van der Waals surface area contributed by atoms with Crippen LogP contribution in [0.1, 0.15) is 82.3 Å². The zero-order valence-electron chi connectivity index (χ0n) is 41.1. The smallest absolute Gasteiger partial charge is 0.0713 e. The Morgan fingerprint density at radius 2 is 0.942 bits per heavy atom. The van der Waals surface area contributed by atoms with E-state index in [0.29, 0.717) is 5.92 Å². The van der Waals surface area contributed by atoms with Gasteiger partial charge in [-0.05, 0) is 136 Å². The Balaban J connectivity index is 0.000000131. The molecule has 0 aliphatic heterocycles. The van der Waals surface area contributed by atoms with Gasteiger partial charge in [0.05, 0.1) is 5.41 Å². The van der Waals surface area contributed by atoms with Gasteiger partial charge in [0.15, 0.2) is 0 Å². The Bertz CT molecular complexity index is 3440. The van der Waals surface area contributed by atoms with Crippen LogP contribution in [-0.4, -0.2) is 0 Å². The summed E-state index contributed by atoms with van der Waals surface area (Å²) in [6.07, 6.45) is 1.11. The van der Waals surface area contributed by atoms with Crippen molar-refractivity contribution >= 4 is 42.3 Å². The molecule has 1 heterocycles. The number of hydrogen-bond acceptors (Lipinski definition) is 1. The minimum Gasteiger partial charge on any atom is -0.135 e. The highest BCUT2D eigenvalue weighted by molar-refractivity contribution is 7.25. The number of hydrogen-bond donors (Lipinski definition) is 0. The van der Waals surface area contributed by atoms with Crippen LogP contribution in [0.2, 0.25) is 0 Å². The van der Waals surface area contributed by atoms with Gasteiger partial charge < -0.3 is 0 Å².